The molecule has 1 saturated carbocycles. The maximum atomic E-state index is 11.4. The van der Waals surface area contributed by atoms with E-state index in [0.29, 0.717) is 17.5 Å². The highest BCUT2D eigenvalue weighted by Gasteiger charge is 2.52. The van der Waals surface area contributed by atoms with Gasteiger partial charge in [0.15, 0.2) is 0 Å². The van der Waals surface area contributed by atoms with Gasteiger partial charge in [-0.3, -0.25) is 9.78 Å². The van der Waals surface area contributed by atoms with Crippen LogP contribution in [0.2, 0.25) is 0 Å². The van der Waals surface area contributed by atoms with E-state index >= 15 is 0 Å². The van der Waals surface area contributed by atoms with E-state index in [1.165, 1.54) is 6.42 Å². The van der Waals surface area contributed by atoms with Crippen molar-refractivity contribution in [3.05, 3.63) is 29.6 Å². The molecule has 0 radical (unpaired) electrons. The monoisotopic (exact) mass is 289 g/mol. The summed E-state index contributed by atoms with van der Waals surface area (Å²) < 4.78 is 6.11. The third kappa shape index (κ3) is 2.24. The van der Waals surface area contributed by atoms with Crippen LogP contribution in [-0.4, -0.2) is 43.0 Å². The van der Waals surface area contributed by atoms with E-state index in [1.807, 2.05) is 12.1 Å². The van der Waals surface area contributed by atoms with E-state index in [9.17, 15) is 4.79 Å². The quantitative estimate of drug-likeness (QED) is 0.913. The van der Waals surface area contributed by atoms with Gasteiger partial charge in [-0.2, -0.15) is 0 Å². The lowest BCUT2D eigenvalue weighted by molar-refractivity contribution is -0.165. The molecule has 5 heteroatoms. The number of amides is 1. The molecule has 1 saturated heterocycles. The number of carbonyl (C=O) groups excluding carboxylic acids is 1. The smallest absolute Gasteiger partial charge is 0.267 e. The van der Waals surface area contributed by atoms with Crippen LogP contribution >= 0.6 is 0 Å². The third-order valence-electron chi connectivity index (χ3n) is 5.18. The molecule has 1 amide bonds. The molecule has 1 aromatic heterocycles. The van der Waals surface area contributed by atoms with E-state index < -0.39 is 5.91 Å². The van der Waals surface area contributed by atoms with Gasteiger partial charge >= 0.3 is 0 Å². The molecule has 2 heterocycles. The lowest BCUT2D eigenvalue weighted by atomic mass is 9.62. The first kappa shape index (κ1) is 14.5. The van der Waals surface area contributed by atoms with Gasteiger partial charge in [-0.05, 0) is 37.6 Å². The molecule has 114 valence electrons. The molecule has 3 atom stereocenters. The van der Waals surface area contributed by atoms with Crippen molar-refractivity contribution in [3.63, 3.8) is 0 Å². The minimum atomic E-state index is -0.485. The average Bonchev–Trinajstić information content (AvgIpc) is 2.46. The van der Waals surface area contributed by atoms with Crippen LogP contribution < -0.4 is 5.73 Å². The topological polar surface area (TPSA) is 68.5 Å². The molecule has 5 nitrogen and oxygen atoms in total. The number of hydrogen-bond donors (Lipinski definition) is 1. The Morgan fingerprint density at radius 3 is 2.67 bits per heavy atom. The summed E-state index contributed by atoms with van der Waals surface area (Å²) in [6.07, 6.45) is 5.23. The zero-order valence-electron chi connectivity index (χ0n) is 12.7. The fourth-order valence-electron chi connectivity index (χ4n) is 4.38. The van der Waals surface area contributed by atoms with Crippen LogP contribution in [0.4, 0.5) is 0 Å². The number of piperidine rings is 1. The molecule has 2 N–H and O–H groups in total. The zero-order valence-corrected chi connectivity index (χ0v) is 12.7. The Balaban J connectivity index is 2.07. The molecule has 2 fully saturated rings. The zero-order chi connectivity index (χ0) is 15.0. The number of pyridine rings is 1. The Bertz CT molecular complexity index is 532. The fourth-order valence-corrected chi connectivity index (χ4v) is 4.38. The van der Waals surface area contributed by atoms with Crippen LogP contribution in [0.3, 0.4) is 0 Å². The van der Waals surface area contributed by atoms with Crippen LogP contribution in [0.15, 0.2) is 18.3 Å². The van der Waals surface area contributed by atoms with Gasteiger partial charge in [-0.1, -0.05) is 6.42 Å². The van der Waals surface area contributed by atoms with Gasteiger partial charge in [0.1, 0.15) is 11.3 Å². The molecule has 1 aliphatic heterocycles. The van der Waals surface area contributed by atoms with Gasteiger partial charge < -0.3 is 15.4 Å². The maximum Gasteiger partial charge on any atom is 0.267 e. The maximum absolute atomic E-state index is 11.4. The summed E-state index contributed by atoms with van der Waals surface area (Å²) in [5, 5.41) is 0. The predicted molar refractivity (Wildman–Crippen MR) is 79.8 cm³/mol. The van der Waals surface area contributed by atoms with Crippen LogP contribution in [-0.2, 0) is 10.3 Å². The normalized spacial score (nSPS) is 32.9. The number of nitrogens with two attached hydrogens (primary N) is 1. The number of fused-ring (bicyclic) bond motifs is 2. The molecule has 0 spiro atoms. The largest absolute Gasteiger partial charge is 0.373 e. The van der Waals surface area contributed by atoms with Crippen molar-refractivity contribution >= 4 is 5.91 Å². The number of nitrogens with zero attached hydrogens (tertiary/aromatic N) is 2. The van der Waals surface area contributed by atoms with Gasteiger partial charge in [-0.25, -0.2) is 0 Å². The molecule has 0 aromatic carbocycles. The van der Waals surface area contributed by atoms with Gasteiger partial charge in [0.25, 0.3) is 5.91 Å². The number of primary amides is 1. The Hall–Kier alpha value is -1.46. The van der Waals surface area contributed by atoms with Gasteiger partial charge in [0.05, 0.1) is 0 Å². The number of aromatic nitrogens is 1. The molecule has 21 heavy (non-hydrogen) atoms. The number of methoxy groups -OCH3 is 1. The summed E-state index contributed by atoms with van der Waals surface area (Å²) >= 11 is 0. The minimum absolute atomic E-state index is 0.308. The standard InChI is InChI=1S/C16H23N3O2/c1-19-9-12-4-3-5-13(10-19)16(12,21-2)11-6-7-18-14(8-11)15(17)20/h6-8,12-13H,3-5,9-10H2,1-2H3,(H2,17,20)/t12-,13+,16?. The number of hydrogen-bond acceptors (Lipinski definition) is 4. The van der Waals surface area contributed by atoms with Crippen molar-refractivity contribution in [1.29, 1.82) is 0 Å². The van der Waals surface area contributed by atoms with Crippen molar-refractivity contribution in [1.82, 2.24) is 9.88 Å². The number of likely N-dealkylation sites (tertiary alicyclic amines) is 1. The minimum Gasteiger partial charge on any atom is -0.373 e. The number of carbonyl (C=O) groups is 1. The van der Waals surface area contributed by atoms with Crippen molar-refractivity contribution in [2.24, 2.45) is 17.6 Å². The first-order valence-electron chi connectivity index (χ1n) is 7.58. The summed E-state index contributed by atoms with van der Waals surface area (Å²) in [5.41, 5.74) is 6.45. The number of rotatable bonds is 3. The molecule has 1 aromatic rings. The molecule has 2 bridgehead atoms. The summed E-state index contributed by atoms with van der Waals surface area (Å²) in [6.45, 7) is 2.05. The van der Waals surface area contributed by atoms with E-state index in [2.05, 4.69) is 16.9 Å². The second kappa shape index (κ2) is 5.39. The van der Waals surface area contributed by atoms with Crippen LogP contribution in [0.1, 0.15) is 35.3 Å². The molecule has 1 unspecified atom stereocenters. The Kier molecular flexibility index (Phi) is 3.71. The molecule has 3 rings (SSSR count). The van der Waals surface area contributed by atoms with E-state index in [-0.39, 0.29) is 5.60 Å². The summed E-state index contributed by atoms with van der Waals surface area (Å²) in [4.78, 5) is 17.9. The van der Waals surface area contributed by atoms with Crippen molar-refractivity contribution in [2.45, 2.75) is 24.9 Å². The van der Waals surface area contributed by atoms with E-state index in [4.69, 9.17) is 10.5 Å². The highest BCUT2D eigenvalue weighted by molar-refractivity contribution is 5.90. The molecular weight excluding hydrogens is 266 g/mol. The Morgan fingerprint density at radius 1 is 1.43 bits per heavy atom. The first-order valence-corrected chi connectivity index (χ1v) is 7.58. The fraction of sp³-hybridized carbons (Fsp3) is 0.625. The predicted octanol–water partition coefficient (Wildman–Crippen LogP) is 1.38. The van der Waals surface area contributed by atoms with Crippen LogP contribution in [0, 0.1) is 11.8 Å². The Morgan fingerprint density at radius 2 is 2.10 bits per heavy atom. The lowest BCUT2D eigenvalue weighted by Crippen LogP contribution is -2.58. The van der Waals surface area contributed by atoms with Crippen molar-refractivity contribution in [2.75, 3.05) is 27.2 Å². The summed E-state index contributed by atoms with van der Waals surface area (Å²) in [6, 6.07) is 3.80. The SMILES string of the molecule is COC1(c2ccnc(C(N)=O)c2)[C@@H]2CCC[C@H]1CN(C)C2. The van der Waals surface area contributed by atoms with Gasteiger partial charge in [-0.15, -0.1) is 0 Å². The molecule has 2 aliphatic rings. The second-order valence-corrected chi connectivity index (χ2v) is 6.34. The molecular formula is C16H23N3O2. The second-order valence-electron chi connectivity index (χ2n) is 6.34. The van der Waals surface area contributed by atoms with Gasteiger partial charge in [0, 0.05) is 38.2 Å². The van der Waals surface area contributed by atoms with Crippen molar-refractivity contribution in [3.8, 4) is 0 Å². The summed E-state index contributed by atoms with van der Waals surface area (Å²) in [5.74, 6) is 0.410. The van der Waals surface area contributed by atoms with Crippen LogP contribution in [0.5, 0.6) is 0 Å². The third-order valence-corrected chi connectivity index (χ3v) is 5.18. The lowest BCUT2D eigenvalue weighted by Gasteiger charge is -2.54. The number of ether oxygens (including phenoxy) is 1. The Labute approximate surface area is 125 Å². The van der Waals surface area contributed by atoms with E-state index in [0.717, 1.165) is 31.5 Å². The highest BCUT2D eigenvalue weighted by atomic mass is 16.5. The van der Waals surface area contributed by atoms with Crippen molar-refractivity contribution < 1.29 is 9.53 Å². The van der Waals surface area contributed by atoms with Gasteiger partial charge in [0.2, 0.25) is 0 Å². The highest BCUT2D eigenvalue weighted by Crippen LogP contribution is 2.51. The first-order chi connectivity index (χ1) is 10.1. The molecule has 1 aliphatic carbocycles. The van der Waals surface area contributed by atoms with Crippen LogP contribution in [0.25, 0.3) is 0 Å². The average molecular weight is 289 g/mol. The summed E-state index contributed by atoms with van der Waals surface area (Å²) in [7, 11) is 3.97. The van der Waals surface area contributed by atoms with E-state index in [1.54, 1.807) is 13.3 Å².